The average Bonchev–Trinajstić information content (AvgIpc) is 2.92. The lowest BCUT2D eigenvalue weighted by molar-refractivity contribution is -0.116. The third-order valence-corrected chi connectivity index (χ3v) is 3.78. The number of rotatable bonds is 4. The van der Waals surface area contributed by atoms with Crippen LogP contribution in [0.5, 0.6) is 0 Å². The maximum absolute atomic E-state index is 11.9. The van der Waals surface area contributed by atoms with Crippen molar-refractivity contribution >= 4 is 17.4 Å². The smallest absolute Gasteiger partial charge is 0.225 e. The Morgan fingerprint density at radius 2 is 2.17 bits per heavy atom. The summed E-state index contributed by atoms with van der Waals surface area (Å²) in [5, 5.41) is 7.04. The number of nitrogen functional groups attached to an aromatic ring is 1. The number of aromatic nitrogens is 2. The van der Waals surface area contributed by atoms with Crippen LogP contribution in [-0.4, -0.2) is 15.7 Å². The Labute approximate surface area is 108 Å². The lowest BCUT2D eigenvalue weighted by Gasteiger charge is -2.09. The van der Waals surface area contributed by atoms with Gasteiger partial charge in [-0.15, -0.1) is 0 Å². The Morgan fingerprint density at radius 3 is 2.72 bits per heavy atom. The van der Waals surface area contributed by atoms with Gasteiger partial charge in [-0.3, -0.25) is 9.48 Å². The van der Waals surface area contributed by atoms with Gasteiger partial charge in [0.25, 0.3) is 0 Å². The second kappa shape index (κ2) is 5.42. The molecule has 1 aliphatic carbocycles. The number of nitrogens with two attached hydrogens (primary N) is 1. The number of hydrogen-bond acceptors (Lipinski definition) is 3. The molecule has 0 aromatic carbocycles. The van der Waals surface area contributed by atoms with E-state index in [4.69, 9.17) is 5.73 Å². The van der Waals surface area contributed by atoms with Crippen molar-refractivity contribution in [3.8, 4) is 0 Å². The van der Waals surface area contributed by atoms with Crippen LogP contribution >= 0.6 is 0 Å². The number of aryl methyl sites for hydroxylation is 2. The van der Waals surface area contributed by atoms with Crippen LogP contribution in [0.15, 0.2) is 0 Å². The first-order valence-electron chi connectivity index (χ1n) is 6.67. The first-order chi connectivity index (χ1) is 8.58. The number of anilines is 2. The predicted molar refractivity (Wildman–Crippen MR) is 72.2 cm³/mol. The molecule has 1 aliphatic rings. The number of amides is 1. The van der Waals surface area contributed by atoms with Gasteiger partial charge in [0, 0.05) is 13.5 Å². The van der Waals surface area contributed by atoms with Crippen molar-refractivity contribution in [2.24, 2.45) is 13.0 Å². The maximum Gasteiger partial charge on any atom is 0.225 e. The van der Waals surface area contributed by atoms with Crippen molar-refractivity contribution in [2.75, 3.05) is 11.1 Å². The Kier molecular flexibility index (Phi) is 3.89. The molecule has 1 heterocycles. The van der Waals surface area contributed by atoms with E-state index in [1.54, 1.807) is 11.7 Å². The maximum atomic E-state index is 11.9. The summed E-state index contributed by atoms with van der Waals surface area (Å²) in [4.78, 5) is 11.9. The lowest BCUT2D eigenvalue weighted by Crippen LogP contribution is -2.16. The second-order valence-electron chi connectivity index (χ2n) is 5.21. The third kappa shape index (κ3) is 2.83. The van der Waals surface area contributed by atoms with Crippen LogP contribution in [0.4, 0.5) is 11.5 Å². The van der Waals surface area contributed by atoms with Gasteiger partial charge >= 0.3 is 0 Å². The van der Waals surface area contributed by atoms with E-state index >= 15 is 0 Å². The molecule has 1 fully saturated rings. The van der Waals surface area contributed by atoms with Gasteiger partial charge in [-0.2, -0.15) is 5.10 Å². The molecule has 3 N–H and O–H groups in total. The molecule has 0 radical (unpaired) electrons. The molecule has 0 atom stereocenters. The van der Waals surface area contributed by atoms with E-state index in [0.717, 1.165) is 18.0 Å². The van der Waals surface area contributed by atoms with E-state index < -0.39 is 0 Å². The van der Waals surface area contributed by atoms with E-state index in [2.05, 4.69) is 10.4 Å². The summed E-state index contributed by atoms with van der Waals surface area (Å²) in [5.41, 5.74) is 7.19. The number of nitrogens with zero attached hydrogens (tertiary/aromatic N) is 2. The fraction of sp³-hybridized carbons (Fsp3) is 0.692. The van der Waals surface area contributed by atoms with E-state index in [9.17, 15) is 4.79 Å². The monoisotopic (exact) mass is 250 g/mol. The quantitative estimate of drug-likeness (QED) is 0.860. The Bertz CT molecular complexity index is 432. The molecule has 1 aromatic heterocycles. The van der Waals surface area contributed by atoms with Crippen LogP contribution in [0.1, 0.15) is 44.2 Å². The van der Waals surface area contributed by atoms with Gasteiger partial charge in [-0.05, 0) is 19.3 Å². The van der Waals surface area contributed by atoms with Gasteiger partial charge in [0.2, 0.25) is 5.91 Å². The summed E-state index contributed by atoms with van der Waals surface area (Å²) < 4.78 is 1.62. The highest BCUT2D eigenvalue weighted by atomic mass is 16.1. The normalized spacial score (nSPS) is 16.1. The standard InChI is InChI=1S/C13H22N4O/c1-9-12(14)13(17(2)16-9)15-11(18)8-7-10-5-3-4-6-10/h10H,3-8,14H2,1-2H3,(H,15,18). The van der Waals surface area contributed by atoms with Gasteiger partial charge in [0.1, 0.15) is 0 Å². The van der Waals surface area contributed by atoms with Gasteiger partial charge < -0.3 is 11.1 Å². The lowest BCUT2D eigenvalue weighted by atomic mass is 10.0. The molecule has 5 nitrogen and oxygen atoms in total. The van der Waals surface area contributed by atoms with Crippen LogP contribution in [0.25, 0.3) is 0 Å². The topological polar surface area (TPSA) is 72.9 Å². The van der Waals surface area contributed by atoms with Crippen LogP contribution in [0, 0.1) is 12.8 Å². The number of carbonyl (C=O) groups excluding carboxylic acids is 1. The average molecular weight is 250 g/mol. The summed E-state index contributed by atoms with van der Waals surface area (Å²) in [6.45, 7) is 1.84. The zero-order chi connectivity index (χ0) is 13.1. The van der Waals surface area contributed by atoms with E-state index in [1.807, 2.05) is 6.92 Å². The molecule has 5 heteroatoms. The summed E-state index contributed by atoms with van der Waals surface area (Å²) in [7, 11) is 1.79. The molecular formula is C13H22N4O. The van der Waals surface area contributed by atoms with Crippen LogP contribution in [0.3, 0.4) is 0 Å². The first kappa shape index (κ1) is 12.9. The van der Waals surface area contributed by atoms with Gasteiger partial charge in [0.15, 0.2) is 5.82 Å². The minimum atomic E-state index is 0.0385. The minimum Gasteiger partial charge on any atom is -0.394 e. The van der Waals surface area contributed by atoms with Crippen LogP contribution < -0.4 is 11.1 Å². The molecule has 18 heavy (non-hydrogen) atoms. The number of hydrogen-bond donors (Lipinski definition) is 2. The minimum absolute atomic E-state index is 0.0385. The van der Waals surface area contributed by atoms with Gasteiger partial charge in [-0.25, -0.2) is 0 Å². The molecule has 0 saturated heterocycles. The molecule has 0 aliphatic heterocycles. The Balaban J connectivity index is 1.86. The van der Waals surface area contributed by atoms with Crippen LogP contribution in [0.2, 0.25) is 0 Å². The summed E-state index contributed by atoms with van der Waals surface area (Å²) in [5.74, 6) is 1.39. The SMILES string of the molecule is Cc1nn(C)c(NC(=O)CCC2CCCC2)c1N. The second-order valence-corrected chi connectivity index (χ2v) is 5.21. The number of nitrogens with one attached hydrogen (secondary N) is 1. The summed E-state index contributed by atoms with van der Waals surface area (Å²) in [6.07, 6.45) is 6.76. The Morgan fingerprint density at radius 1 is 1.50 bits per heavy atom. The van der Waals surface area contributed by atoms with E-state index in [0.29, 0.717) is 17.9 Å². The predicted octanol–water partition coefficient (Wildman–Crippen LogP) is 2.22. The van der Waals surface area contributed by atoms with Crippen LogP contribution in [-0.2, 0) is 11.8 Å². The van der Waals surface area contributed by atoms with Crippen molar-refractivity contribution in [3.63, 3.8) is 0 Å². The molecule has 0 unspecified atom stereocenters. The molecule has 0 bridgehead atoms. The fourth-order valence-corrected chi connectivity index (χ4v) is 2.65. The Hall–Kier alpha value is -1.52. The summed E-state index contributed by atoms with van der Waals surface area (Å²) in [6, 6.07) is 0. The molecule has 0 spiro atoms. The molecule has 1 saturated carbocycles. The summed E-state index contributed by atoms with van der Waals surface area (Å²) >= 11 is 0. The highest BCUT2D eigenvalue weighted by molar-refractivity contribution is 5.92. The van der Waals surface area contributed by atoms with Crippen molar-refractivity contribution < 1.29 is 4.79 Å². The van der Waals surface area contributed by atoms with E-state index in [1.165, 1.54) is 25.7 Å². The fourth-order valence-electron chi connectivity index (χ4n) is 2.65. The van der Waals surface area contributed by atoms with Crippen molar-refractivity contribution in [1.29, 1.82) is 0 Å². The molecule has 1 amide bonds. The van der Waals surface area contributed by atoms with Gasteiger partial charge in [0.05, 0.1) is 11.4 Å². The van der Waals surface area contributed by atoms with E-state index in [-0.39, 0.29) is 5.91 Å². The van der Waals surface area contributed by atoms with Gasteiger partial charge in [-0.1, -0.05) is 25.7 Å². The highest BCUT2D eigenvalue weighted by Gasteiger charge is 2.17. The third-order valence-electron chi connectivity index (χ3n) is 3.78. The highest BCUT2D eigenvalue weighted by Crippen LogP contribution is 2.29. The number of carbonyl (C=O) groups is 1. The van der Waals surface area contributed by atoms with Crippen molar-refractivity contribution in [2.45, 2.75) is 45.4 Å². The molecule has 1 aromatic rings. The first-order valence-corrected chi connectivity index (χ1v) is 6.67. The molecule has 2 rings (SSSR count). The largest absolute Gasteiger partial charge is 0.394 e. The van der Waals surface area contributed by atoms with Crippen molar-refractivity contribution in [3.05, 3.63) is 5.69 Å². The molecule has 100 valence electrons. The zero-order valence-corrected chi connectivity index (χ0v) is 11.2. The van der Waals surface area contributed by atoms with Crippen molar-refractivity contribution in [1.82, 2.24) is 9.78 Å². The molecular weight excluding hydrogens is 228 g/mol. The zero-order valence-electron chi connectivity index (χ0n) is 11.2.